The zero-order valence-electron chi connectivity index (χ0n) is 16.9. The molecule has 0 radical (unpaired) electrons. The fourth-order valence-electron chi connectivity index (χ4n) is 3.57. The fraction of sp³-hybridized carbons (Fsp3) is 0.409. The van der Waals surface area contributed by atoms with Crippen molar-refractivity contribution in [2.75, 3.05) is 18.0 Å². The van der Waals surface area contributed by atoms with E-state index in [9.17, 15) is 13.2 Å². The summed E-state index contributed by atoms with van der Waals surface area (Å²) in [7, 11) is -2.11. The second-order valence-electron chi connectivity index (χ2n) is 7.50. The van der Waals surface area contributed by atoms with Crippen LogP contribution in [0.4, 0.5) is 5.69 Å². The average Bonchev–Trinajstić information content (AvgIpc) is 2.74. The predicted octanol–water partition coefficient (Wildman–Crippen LogP) is 3.59. The summed E-state index contributed by atoms with van der Waals surface area (Å²) in [5, 5.41) is 3.06. The molecule has 1 aliphatic rings. The molecule has 0 spiro atoms. The lowest BCUT2D eigenvalue weighted by molar-refractivity contribution is -0.124. The highest BCUT2D eigenvalue weighted by Crippen LogP contribution is 2.25. The number of hydrogen-bond donors (Lipinski definition) is 1. The average molecular weight is 417 g/mol. The van der Waals surface area contributed by atoms with Crippen molar-refractivity contribution in [1.82, 2.24) is 5.32 Å². The molecule has 1 fully saturated rings. The first-order chi connectivity index (χ1) is 13.9. The molecule has 1 aliphatic carbocycles. The monoisotopic (exact) mass is 416 g/mol. The first-order valence-corrected chi connectivity index (χ1v) is 11.4. The van der Waals surface area contributed by atoms with Crippen LogP contribution in [0.2, 0.25) is 0 Å². The van der Waals surface area contributed by atoms with Gasteiger partial charge in [-0.25, -0.2) is 8.42 Å². The molecule has 3 rings (SSSR count). The summed E-state index contributed by atoms with van der Waals surface area (Å²) in [4.78, 5) is 12.4. The van der Waals surface area contributed by atoms with Gasteiger partial charge in [-0.3, -0.25) is 9.10 Å². The molecular weight excluding hydrogens is 388 g/mol. The summed E-state index contributed by atoms with van der Waals surface area (Å²) in [5.41, 5.74) is 0.515. The number of hydrogen-bond acceptors (Lipinski definition) is 4. The summed E-state index contributed by atoms with van der Waals surface area (Å²) in [6.45, 7) is 2.12. The highest BCUT2D eigenvalue weighted by molar-refractivity contribution is 7.92. The maximum absolute atomic E-state index is 12.7. The van der Waals surface area contributed by atoms with Gasteiger partial charge < -0.3 is 10.1 Å². The third-order valence-electron chi connectivity index (χ3n) is 5.43. The van der Waals surface area contributed by atoms with Gasteiger partial charge in [-0.15, -0.1) is 0 Å². The van der Waals surface area contributed by atoms with Gasteiger partial charge in [0.05, 0.1) is 10.6 Å². The molecule has 7 heteroatoms. The maximum atomic E-state index is 12.7. The van der Waals surface area contributed by atoms with Crippen LogP contribution in [0.5, 0.6) is 5.75 Å². The Labute approximate surface area is 172 Å². The Hall–Kier alpha value is -2.54. The summed E-state index contributed by atoms with van der Waals surface area (Å²) in [6.07, 6.45) is 4.54. The molecule has 0 aromatic heterocycles. The van der Waals surface area contributed by atoms with E-state index < -0.39 is 10.0 Å². The second-order valence-corrected chi connectivity index (χ2v) is 9.47. The molecule has 0 aliphatic heterocycles. The number of ether oxygens (including phenoxy) is 1. The molecule has 156 valence electrons. The van der Waals surface area contributed by atoms with Crippen LogP contribution < -0.4 is 14.4 Å². The van der Waals surface area contributed by atoms with Gasteiger partial charge in [-0.05, 0) is 55.2 Å². The van der Waals surface area contributed by atoms with Gasteiger partial charge >= 0.3 is 0 Å². The van der Waals surface area contributed by atoms with E-state index in [1.807, 2.05) is 0 Å². The topological polar surface area (TPSA) is 75.7 Å². The SMILES string of the molecule is CC1CCCCC1NC(=O)COc1ccc(N(C)S(=O)(=O)c2ccccc2)cc1. The van der Waals surface area contributed by atoms with Crippen molar-refractivity contribution in [3.05, 3.63) is 54.6 Å². The number of benzene rings is 2. The largest absolute Gasteiger partial charge is 0.484 e. The van der Waals surface area contributed by atoms with Crippen molar-refractivity contribution in [2.45, 2.75) is 43.5 Å². The molecule has 2 aromatic rings. The Kier molecular flexibility index (Phi) is 6.79. The summed E-state index contributed by atoms with van der Waals surface area (Å²) < 4.78 is 32.2. The molecule has 0 saturated heterocycles. The van der Waals surface area contributed by atoms with E-state index in [0.717, 1.165) is 19.3 Å². The van der Waals surface area contributed by atoms with Crippen molar-refractivity contribution in [1.29, 1.82) is 0 Å². The van der Waals surface area contributed by atoms with Crippen LogP contribution in [0.25, 0.3) is 0 Å². The van der Waals surface area contributed by atoms with Gasteiger partial charge in [0.25, 0.3) is 15.9 Å². The van der Waals surface area contributed by atoms with Gasteiger partial charge in [0, 0.05) is 13.1 Å². The van der Waals surface area contributed by atoms with Crippen LogP contribution in [-0.2, 0) is 14.8 Å². The molecule has 2 atom stereocenters. The quantitative estimate of drug-likeness (QED) is 0.748. The van der Waals surface area contributed by atoms with E-state index in [1.54, 1.807) is 54.6 Å². The Balaban J connectivity index is 1.56. The number of carbonyl (C=O) groups excluding carboxylic acids is 1. The van der Waals surface area contributed by atoms with Crippen molar-refractivity contribution in [2.24, 2.45) is 5.92 Å². The number of amides is 1. The Morgan fingerprint density at radius 2 is 1.72 bits per heavy atom. The van der Waals surface area contributed by atoms with Crippen molar-refractivity contribution < 1.29 is 17.9 Å². The molecule has 0 bridgehead atoms. The van der Waals surface area contributed by atoms with Crippen LogP contribution in [-0.4, -0.2) is 34.0 Å². The standard InChI is InChI=1S/C22H28N2O4S/c1-17-8-6-7-11-21(17)23-22(25)16-28-19-14-12-18(13-15-19)24(2)29(26,27)20-9-4-3-5-10-20/h3-5,9-10,12-15,17,21H,6-8,11,16H2,1-2H3,(H,23,25). The van der Waals surface area contributed by atoms with Gasteiger partial charge in [-0.1, -0.05) is 38.0 Å². The summed E-state index contributed by atoms with van der Waals surface area (Å²) in [5.74, 6) is 0.886. The van der Waals surface area contributed by atoms with Crippen molar-refractivity contribution in [3.63, 3.8) is 0 Å². The fourth-order valence-corrected chi connectivity index (χ4v) is 4.79. The molecule has 1 N–H and O–H groups in total. The van der Waals surface area contributed by atoms with Crippen molar-refractivity contribution in [3.8, 4) is 5.75 Å². The minimum Gasteiger partial charge on any atom is -0.484 e. The van der Waals surface area contributed by atoms with E-state index in [4.69, 9.17) is 4.74 Å². The Morgan fingerprint density at radius 3 is 2.38 bits per heavy atom. The lowest BCUT2D eigenvalue weighted by atomic mass is 9.86. The second kappa shape index (κ2) is 9.31. The molecule has 6 nitrogen and oxygen atoms in total. The maximum Gasteiger partial charge on any atom is 0.264 e. The Morgan fingerprint density at radius 1 is 1.07 bits per heavy atom. The molecule has 29 heavy (non-hydrogen) atoms. The van der Waals surface area contributed by atoms with Crippen LogP contribution >= 0.6 is 0 Å². The number of sulfonamides is 1. The molecule has 0 heterocycles. The molecule has 2 unspecified atom stereocenters. The zero-order valence-corrected chi connectivity index (χ0v) is 17.7. The molecular formula is C22H28N2O4S. The normalized spacial score (nSPS) is 19.4. The van der Waals surface area contributed by atoms with Gasteiger partial charge in [0.15, 0.2) is 6.61 Å². The van der Waals surface area contributed by atoms with Crippen LogP contribution in [0.3, 0.4) is 0 Å². The zero-order chi connectivity index (χ0) is 20.9. The Bertz CT molecular complexity index is 914. The molecule has 1 amide bonds. The van der Waals surface area contributed by atoms with Gasteiger partial charge in [0.1, 0.15) is 5.75 Å². The molecule has 2 aromatic carbocycles. The van der Waals surface area contributed by atoms with E-state index >= 15 is 0 Å². The highest BCUT2D eigenvalue weighted by atomic mass is 32.2. The van der Waals surface area contributed by atoms with Crippen LogP contribution in [0, 0.1) is 5.92 Å². The number of carbonyl (C=O) groups is 1. The first kappa shape index (κ1) is 21.2. The van der Waals surface area contributed by atoms with Crippen LogP contribution in [0.15, 0.2) is 59.5 Å². The van der Waals surface area contributed by atoms with E-state index in [2.05, 4.69) is 12.2 Å². The van der Waals surface area contributed by atoms with Gasteiger partial charge in [0.2, 0.25) is 0 Å². The number of rotatable bonds is 7. The lowest BCUT2D eigenvalue weighted by Gasteiger charge is -2.29. The highest BCUT2D eigenvalue weighted by Gasteiger charge is 2.23. The van der Waals surface area contributed by atoms with E-state index in [0.29, 0.717) is 17.4 Å². The van der Waals surface area contributed by atoms with Gasteiger partial charge in [-0.2, -0.15) is 0 Å². The van der Waals surface area contributed by atoms with Crippen LogP contribution in [0.1, 0.15) is 32.6 Å². The number of anilines is 1. The first-order valence-electron chi connectivity index (χ1n) is 9.94. The predicted molar refractivity (Wildman–Crippen MR) is 114 cm³/mol. The third kappa shape index (κ3) is 5.29. The number of nitrogens with one attached hydrogen (secondary N) is 1. The smallest absolute Gasteiger partial charge is 0.264 e. The molecule has 1 saturated carbocycles. The third-order valence-corrected chi connectivity index (χ3v) is 7.23. The van der Waals surface area contributed by atoms with Crippen molar-refractivity contribution >= 4 is 21.6 Å². The lowest BCUT2D eigenvalue weighted by Crippen LogP contribution is -2.43. The minimum atomic E-state index is -3.62. The summed E-state index contributed by atoms with van der Waals surface area (Å²) in [6, 6.07) is 15.2. The number of nitrogens with zero attached hydrogens (tertiary/aromatic N) is 1. The summed E-state index contributed by atoms with van der Waals surface area (Å²) >= 11 is 0. The van der Waals surface area contributed by atoms with E-state index in [-0.39, 0.29) is 23.5 Å². The van der Waals surface area contributed by atoms with E-state index in [1.165, 1.54) is 17.8 Å². The minimum absolute atomic E-state index is 0.0548.